The van der Waals surface area contributed by atoms with Crippen molar-refractivity contribution in [2.45, 2.75) is 6.92 Å². The Bertz CT molecular complexity index is 1120. The number of benzene rings is 1. The summed E-state index contributed by atoms with van der Waals surface area (Å²) in [7, 11) is 2.04. The van der Waals surface area contributed by atoms with Gasteiger partial charge in [0.25, 0.3) is 6.33 Å². The molecule has 0 aliphatic rings. The zero-order valence-corrected chi connectivity index (χ0v) is 11.2. The molecule has 20 heavy (non-hydrogen) atoms. The van der Waals surface area contributed by atoms with Gasteiger partial charge in [0.15, 0.2) is 11.1 Å². The maximum absolute atomic E-state index is 5.87. The first kappa shape index (κ1) is 10.2. The van der Waals surface area contributed by atoms with Crippen LogP contribution in [-0.4, -0.2) is 9.38 Å². The molecule has 4 nitrogen and oxygen atoms in total. The summed E-state index contributed by atoms with van der Waals surface area (Å²) in [4.78, 5) is 4.41. The van der Waals surface area contributed by atoms with Gasteiger partial charge in [-0.3, -0.25) is 0 Å². The number of fused-ring (bicyclic) bond motifs is 3. The summed E-state index contributed by atoms with van der Waals surface area (Å²) >= 11 is 0. The van der Waals surface area contributed by atoms with Crippen LogP contribution in [0.1, 0.15) is 5.56 Å². The summed E-state index contributed by atoms with van der Waals surface area (Å²) in [5, 5.41) is 2.37. The van der Waals surface area contributed by atoms with Crippen LogP contribution in [0, 0.1) is 6.92 Å². The molecule has 0 saturated carbocycles. The van der Waals surface area contributed by atoms with Gasteiger partial charge in [0.05, 0.1) is 12.6 Å². The van der Waals surface area contributed by atoms with Crippen molar-refractivity contribution < 1.29 is 8.98 Å². The molecule has 0 atom stereocenters. The number of hydrogen-bond acceptors (Lipinski definition) is 2. The molecule has 96 valence electrons. The van der Waals surface area contributed by atoms with Gasteiger partial charge in [-0.05, 0) is 29.6 Å². The lowest BCUT2D eigenvalue weighted by Crippen LogP contribution is -2.29. The number of aromatic nitrogens is 3. The normalized spacial score (nSPS) is 12.5. The SMILES string of the molecule is Cc1cccc2c1c1c3c(nc[n+]1C)oc1ccn2c13. The van der Waals surface area contributed by atoms with E-state index in [2.05, 4.69) is 45.3 Å². The molecule has 1 aromatic carbocycles. The number of pyridine rings is 1. The van der Waals surface area contributed by atoms with Gasteiger partial charge < -0.3 is 8.82 Å². The molecule has 0 amide bonds. The molecule has 0 radical (unpaired) electrons. The van der Waals surface area contributed by atoms with E-state index in [0.29, 0.717) is 5.71 Å². The van der Waals surface area contributed by atoms with Gasteiger partial charge >= 0.3 is 5.71 Å². The first-order chi connectivity index (χ1) is 9.75. The predicted octanol–water partition coefficient (Wildman–Crippen LogP) is 2.96. The number of nitrogens with zero attached hydrogens (tertiary/aromatic N) is 3. The molecule has 0 N–H and O–H groups in total. The van der Waals surface area contributed by atoms with Crippen LogP contribution in [0.2, 0.25) is 0 Å². The summed E-state index contributed by atoms with van der Waals surface area (Å²) in [6.45, 7) is 2.15. The van der Waals surface area contributed by atoms with E-state index in [9.17, 15) is 0 Å². The molecule has 0 saturated heterocycles. The summed E-state index contributed by atoms with van der Waals surface area (Å²) in [6, 6.07) is 8.42. The van der Waals surface area contributed by atoms with Crippen LogP contribution >= 0.6 is 0 Å². The number of aryl methyl sites for hydroxylation is 2. The van der Waals surface area contributed by atoms with E-state index >= 15 is 0 Å². The molecular weight excluding hydrogens is 250 g/mol. The van der Waals surface area contributed by atoms with Gasteiger partial charge in [-0.1, -0.05) is 12.1 Å². The molecular formula is C16H12N3O+. The lowest BCUT2D eigenvalue weighted by molar-refractivity contribution is -0.647. The fourth-order valence-corrected chi connectivity index (χ4v) is 3.34. The Morgan fingerprint density at radius 2 is 2.10 bits per heavy atom. The van der Waals surface area contributed by atoms with E-state index in [0.717, 1.165) is 16.5 Å². The standard InChI is InChI=1S/C16H12N3O/c1-9-4-3-5-10-12(9)15-13-14-11(6-7-19(10)14)20-16(13)17-8-18(15)2/h3-8H,1-2H3/q+1. The Morgan fingerprint density at radius 3 is 3.00 bits per heavy atom. The topological polar surface area (TPSA) is 34.3 Å². The smallest absolute Gasteiger partial charge is 0.347 e. The molecule has 0 bridgehead atoms. The maximum atomic E-state index is 5.87. The third-order valence-corrected chi connectivity index (χ3v) is 4.19. The summed E-state index contributed by atoms with van der Waals surface area (Å²) in [5.74, 6) is 0. The second-order valence-corrected chi connectivity index (χ2v) is 5.35. The lowest BCUT2D eigenvalue weighted by Gasteiger charge is -2.08. The highest BCUT2D eigenvalue weighted by Crippen LogP contribution is 2.36. The van der Waals surface area contributed by atoms with Gasteiger partial charge in [0.2, 0.25) is 0 Å². The molecule has 4 heterocycles. The maximum Gasteiger partial charge on any atom is 0.347 e. The Morgan fingerprint density at radius 1 is 1.20 bits per heavy atom. The third kappa shape index (κ3) is 0.966. The minimum Gasteiger partial charge on any atom is -0.417 e. The van der Waals surface area contributed by atoms with Crippen LogP contribution in [0.25, 0.3) is 38.6 Å². The quantitative estimate of drug-likeness (QED) is 0.317. The molecule has 0 fully saturated rings. The van der Waals surface area contributed by atoms with Crippen molar-refractivity contribution >= 4 is 38.6 Å². The van der Waals surface area contributed by atoms with E-state index in [-0.39, 0.29) is 0 Å². The molecule has 4 heteroatoms. The van der Waals surface area contributed by atoms with Crippen LogP contribution in [0.3, 0.4) is 0 Å². The van der Waals surface area contributed by atoms with E-state index in [1.54, 1.807) is 0 Å². The summed E-state index contributed by atoms with van der Waals surface area (Å²) < 4.78 is 10.2. The predicted molar refractivity (Wildman–Crippen MR) is 77.1 cm³/mol. The molecule has 5 aromatic rings. The van der Waals surface area contributed by atoms with Crippen LogP contribution in [0.4, 0.5) is 0 Å². The molecule has 5 rings (SSSR count). The average Bonchev–Trinajstić information content (AvgIpc) is 3.00. The molecule has 0 aliphatic carbocycles. The van der Waals surface area contributed by atoms with E-state index < -0.39 is 0 Å². The first-order valence-corrected chi connectivity index (χ1v) is 6.64. The molecule has 4 aromatic heterocycles. The second kappa shape index (κ2) is 3.10. The van der Waals surface area contributed by atoms with Crippen molar-refractivity contribution in [1.29, 1.82) is 0 Å². The number of furan rings is 1. The van der Waals surface area contributed by atoms with Gasteiger partial charge in [-0.2, -0.15) is 0 Å². The van der Waals surface area contributed by atoms with Crippen molar-refractivity contribution in [3.05, 3.63) is 42.4 Å². The highest BCUT2D eigenvalue weighted by atomic mass is 16.3. The van der Waals surface area contributed by atoms with Crippen molar-refractivity contribution in [3.63, 3.8) is 0 Å². The average molecular weight is 262 g/mol. The zero-order chi connectivity index (χ0) is 13.4. The van der Waals surface area contributed by atoms with Crippen LogP contribution in [-0.2, 0) is 7.05 Å². The highest BCUT2D eigenvalue weighted by Gasteiger charge is 2.24. The highest BCUT2D eigenvalue weighted by molar-refractivity contribution is 6.19. The van der Waals surface area contributed by atoms with Gasteiger partial charge in [0.1, 0.15) is 10.9 Å². The fourth-order valence-electron chi connectivity index (χ4n) is 3.34. The Labute approximate surface area is 114 Å². The van der Waals surface area contributed by atoms with Gasteiger partial charge in [-0.15, -0.1) is 0 Å². The molecule has 0 aliphatic heterocycles. The van der Waals surface area contributed by atoms with Crippen molar-refractivity contribution in [2.24, 2.45) is 7.05 Å². The zero-order valence-electron chi connectivity index (χ0n) is 11.2. The largest absolute Gasteiger partial charge is 0.417 e. The van der Waals surface area contributed by atoms with E-state index in [1.807, 2.05) is 19.4 Å². The third-order valence-electron chi connectivity index (χ3n) is 4.19. The van der Waals surface area contributed by atoms with Crippen molar-refractivity contribution in [1.82, 2.24) is 9.38 Å². The van der Waals surface area contributed by atoms with Crippen LogP contribution < -0.4 is 4.57 Å². The van der Waals surface area contributed by atoms with Gasteiger partial charge in [0, 0.05) is 11.6 Å². The summed E-state index contributed by atoms with van der Waals surface area (Å²) in [5.41, 5.74) is 6.39. The van der Waals surface area contributed by atoms with E-state index in [4.69, 9.17) is 4.42 Å². The van der Waals surface area contributed by atoms with Gasteiger partial charge in [-0.25, -0.2) is 4.57 Å². The Balaban J connectivity index is 2.35. The lowest BCUT2D eigenvalue weighted by atomic mass is 10.1. The minimum absolute atomic E-state index is 0.714. The number of rotatable bonds is 0. The van der Waals surface area contributed by atoms with Crippen molar-refractivity contribution in [3.8, 4) is 0 Å². The number of hydrogen-bond donors (Lipinski definition) is 0. The second-order valence-electron chi connectivity index (χ2n) is 5.35. The monoisotopic (exact) mass is 262 g/mol. The Kier molecular flexibility index (Phi) is 1.58. The molecule has 0 spiro atoms. The van der Waals surface area contributed by atoms with E-state index in [1.165, 1.54) is 22.0 Å². The first-order valence-electron chi connectivity index (χ1n) is 6.64. The molecule has 0 unspecified atom stereocenters. The summed E-state index contributed by atoms with van der Waals surface area (Å²) in [6.07, 6.45) is 3.90. The fraction of sp³-hybridized carbons (Fsp3) is 0.125. The van der Waals surface area contributed by atoms with Crippen molar-refractivity contribution in [2.75, 3.05) is 0 Å². The van der Waals surface area contributed by atoms with Crippen LogP contribution in [0.5, 0.6) is 0 Å². The van der Waals surface area contributed by atoms with Crippen LogP contribution in [0.15, 0.2) is 41.2 Å². The Hall–Kier alpha value is -2.62. The minimum atomic E-state index is 0.714.